The summed E-state index contributed by atoms with van der Waals surface area (Å²) < 4.78 is 0. The monoisotopic (exact) mass is 273 g/mol. The Kier molecular flexibility index (Phi) is 4.35. The Labute approximate surface area is 122 Å². The van der Waals surface area contributed by atoms with Gasteiger partial charge in [0.15, 0.2) is 0 Å². The SMILES string of the molecule is CCNC1CCCc2nc(C3CCC(CC)C3)ncc21. The second kappa shape index (κ2) is 6.21. The normalized spacial score (nSPS) is 29.4. The summed E-state index contributed by atoms with van der Waals surface area (Å²) in [5.74, 6) is 2.63. The fourth-order valence-electron chi connectivity index (χ4n) is 3.90. The third kappa shape index (κ3) is 2.73. The fraction of sp³-hybridized carbons (Fsp3) is 0.765. The summed E-state index contributed by atoms with van der Waals surface area (Å²) in [5, 5.41) is 3.57. The molecule has 0 radical (unpaired) electrons. The van der Waals surface area contributed by atoms with Gasteiger partial charge in [0.1, 0.15) is 5.82 Å². The zero-order valence-corrected chi connectivity index (χ0v) is 12.9. The highest BCUT2D eigenvalue weighted by Gasteiger charge is 2.28. The van der Waals surface area contributed by atoms with Gasteiger partial charge >= 0.3 is 0 Å². The Bertz CT molecular complexity index is 458. The molecule has 0 aliphatic heterocycles. The molecule has 1 heterocycles. The van der Waals surface area contributed by atoms with Gasteiger partial charge in [-0.2, -0.15) is 0 Å². The van der Waals surface area contributed by atoms with Crippen LogP contribution in [0.4, 0.5) is 0 Å². The quantitative estimate of drug-likeness (QED) is 0.907. The maximum atomic E-state index is 4.95. The van der Waals surface area contributed by atoms with Gasteiger partial charge in [-0.15, -0.1) is 0 Å². The van der Waals surface area contributed by atoms with Crippen molar-refractivity contribution in [1.82, 2.24) is 15.3 Å². The molecule has 2 aliphatic rings. The van der Waals surface area contributed by atoms with Crippen LogP contribution < -0.4 is 5.32 Å². The lowest BCUT2D eigenvalue weighted by Gasteiger charge is -2.25. The van der Waals surface area contributed by atoms with Crippen molar-refractivity contribution >= 4 is 0 Å². The highest BCUT2D eigenvalue weighted by molar-refractivity contribution is 5.25. The molecule has 0 saturated heterocycles. The molecule has 3 unspecified atom stereocenters. The molecule has 0 spiro atoms. The van der Waals surface area contributed by atoms with E-state index >= 15 is 0 Å². The Balaban J connectivity index is 1.79. The number of aromatic nitrogens is 2. The van der Waals surface area contributed by atoms with Crippen LogP contribution in [-0.2, 0) is 6.42 Å². The summed E-state index contributed by atoms with van der Waals surface area (Å²) in [6.07, 6.45) is 11.0. The van der Waals surface area contributed by atoms with E-state index in [1.54, 1.807) is 0 Å². The van der Waals surface area contributed by atoms with Gasteiger partial charge in [0.25, 0.3) is 0 Å². The van der Waals surface area contributed by atoms with Gasteiger partial charge in [-0.1, -0.05) is 20.3 Å². The van der Waals surface area contributed by atoms with E-state index in [1.807, 2.05) is 0 Å². The van der Waals surface area contributed by atoms with Gasteiger partial charge in [-0.3, -0.25) is 0 Å². The van der Waals surface area contributed by atoms with Crippen molar-refractivity contribution in [2.75, 3.05) is 6.54 Å². The average Bonchev–Trinajstić information content (AvgIpc) is 2.96. The van der Waals surface area contributed by atoms with Crippen molar-refractivity contribution in [3.8, 4) is 0 Å². The van der Waals surface area contributed by atoms with Crippen molar-refractivity contribution in [2.24, 2.45) is 5.92 Å². The molecule has 0 aromatic carbocycles. The minimum Gasteiger partial charge on any atom is -0.310 e. The highest BCUT2D eigenvalue weighted by Crippen LogP contribution is 2.39. The van der Waals surface area contributed by atoms with E-state index in [4.69, 9.17) is 9.97 Å². The molecule has 2 aliphatic carbocycles. The molecule has 3 atom stereocenters. The molecule has 1 aromatic heterocycles. The Hall–Kier alpha value is -0.960. The first-order chi connectivity index (χ1) is 9.81. The van der Waals surface area contributed by atoms with E-state index in [0.29, 0.717) is 12.0 Å². The zero-order valence-electron chi connectivity index (χ0n) is 12.9. The average molecular weight is 273 g/mol. The van der Waals surface area contributed by atoms with E-state index < -0.39 is 0 Å². The smallest absolute Gasteiger partial charge is 0.131 e. The predicted molar refractivity (Wildman–Crippen MR) is 81.8 cm³/mol. The van der Waals surface area contributed by atoms with Gasteiger partial charge in [-0.05, 0) is 51.0 Å². The number of hydrogen-bond donors (Lipinski definition) is 1. The van der Waals surface area contributed by atoms with E-state index in [-0.39, 0.29) is 0 Å². The van der Waals surface area contributed by atoms with E-state index in [2.05, 4.69) is 25.4 Å². The van der Waals surface area contributed by atoms with Crippen molar-refractivity contribution in [1.29, 1.82) is 0 Å². The van der Waals surface area contributed by atoms with Gasteiger partial charge < -0.3 is 5.32 Å². The molecule has 1 N–H and O–H groups in total. The van der Waals surface area contributed by atoms with Crippen LogP contribution in [0.1, 0.15) is 81.4 Å². The molecule has 20 heavy (non-hydrogen) atoms. The van der Waals surface area contributed by atoms with E-state index in [1.165, 1.54) is 49.8 Å². The standard InChI is InChI=1S/C17H27N3/c1-3-12-8-9-13(10-12)17-19-11-14-15(18-4-2)6-5-7-16(14)20-17/h11-13,15,18H,3-10H2,1-2H3. The first kappa shape index (κ1) is 14.0. The molecule has 0 amide bonds. The molecular formula is C17H27N3. The summed E-state index contributed by atoms with van der Waals surface area (Å²) in [5.41, 5.74) is 2.67. The summed E-state index contributed by atoms with van der Waals surface area (Å²) >= 11 is 0. The zero-order chi connectivity index (χ0) is 13.9. The molecule has 1 aromatic rings. The van der Waals surface area contributed by atoms with E-state index in [0.717, 1.165) is 24.7 Å². The molecule has 110 valence electrons. The van der Waals surface area contributed by atoms with Crippen molar-refractivity contribution < 1.29 is 0 Å². The lowest BCUT2D eigenvalue weighted by Crippen LogP contribution is -2.26. The highest BCUT2D eigenvalue weighted by atomic mass is 14.9. The van der Waals surface area contributed by atoms with E-state index in [9.17, 15) is 0 Å². The van der Waals surface area contributed by atoms with Crippen LogP contribution in [0.25, 0.3) is 0 Å². The Morgan fingerprint density at radius 3 is 2.90 bits per heavy atom. The van der Waals surface area contributed by atoms with Gasteiger partial charge in [0.2, 0.25) is 0 Å². The Morgan fingerprint density at radius 2 is 2.15 bits per heavy atom. The number of hydrogen-bond acceptors (Lipinski definition) is 3. The number of nitrogens with one attached hydrogen (secondary N) is 1. The van der Waals surface area contributed by atoms with Crippen LogP contribution in [0.5, 0.6) is 0 Å². The topological polar surface area (TPSA) is 37.8 Å². The minimum atomic E-state index is 0.477. The lowest BCUT2D eigenvalue weighted by atomic mass is 9.92. The third-order valence-corrected chi connectivity index (χ3v) is 5.13. The minimum absolute atomic E-state index is 0.477. The lowest BCUT2D eigenvalue weighted by molar-refractivity contribution is 0.459. The van der Waals surface area contributed by atoms with Crippen LogP contribution in [0.2, 0.25) is 0 Å². The van der Waals surface area contributed by atoms with Crippen LogP contribution >= 0.6 is 0 Å². The molecule has 1 fully saturated rings. The Morgan fingerprint density at radius 1 is 1.25 bits per heavy atom. The number of fused-ring (bicyclic) bond motifs is 1. The van der Waals surface area contributed by atoms with Crippen molar-refractivity contribution in [3.05, 3.63) is 23.3 Å². The van der Waals surface area contributed by atoms with Crippen LogP contribution in [0.3, 0.4) is 0 Å². The van der Waals surface area contributed by atoms with Crippen molar-refractivity contribution in [3.63, 3.8) is 0 Å². The summed E-state index contributed by atoms with van der Waals surface area (Å²) in [4.78, 5) is 9.67. The second-order valence-electron chi connectivity index (χ2n) is 6.42. The largest absolute Gasteiger partial charge is 0.310 e. The summed E-state index contributed by atoms with van der Waals surface area (Å²) in [7, 11) is 0. The molecule has 1 saturated carbocycles. The first-order valence-corrected chi connectivity index (χ1v) is 8.40. The molecule has 0 bridgehead atoms. The van der Waals surface area contributed by atoms with Crippen LogP contribution in [0.15, 0.2) is 6.20 Å². The number of aryl methyl sites for hydroxylation is 1. The number of nitrogens with zero attached hydrogens (tertiary/aromatic N) is 2. The summed E-state index contributed by atoms with van der Waals surface area (Å²) in [6, 6.07) is 0.477. The number of rotatable bonds is 4. The maximum Gasteiger partial charge on any atom is 0.131 e. The maximum absolute atomic E-state index is 4.95. The molecular weight excluding hydrogens is 246 g/mol. The predicted octanol–water partition coefficient (Wildman–Crippen LogP) is 3.76. The molecule has 3 nitrogen and oxygen atoms in total. The van der Waals surface area contributed by atoms with Gasteiger partial charge in [0.05, 0.1) is 0 Å². The van der Waals surface area contributed by atoms with Crippen molar-refractivity contribution in [2.45, 2.75) is 70.8 Å². The van der Waals surface area contributed by atoms with Gasteiger partial charge in [-0.25, -0.2) is 9.97 Å². The second-order valence-corrected chi connectivity index (χ2v) is 6.42. The molecule has 3 heteroatoms. The van der Waals surface area contributed by atoms with Crippen LogP contribution in [-0.4, -0.2) is 16.5 Å². The summed E-state index contributed by atoms with van der Waals surface area (Å²) in [6.45, 7) is 5.50. The van der Waals surface area contributed by atoms with Gasteiger partial charge in [0, 0.05) is 29.4 Å². The molecule has 3 rings (SSSR count). The van der Waals surface area contributed by atoms with Crippen LogP contribution in [0, 0.1) is 5.92 Å². The third-order valence-electron chi connectivity index (χ3n) is 5.13. The first-order valence-electron chi connectivity index (χ1n) is 8.40. The fourth-order valence-corrected chi connectivity index (χ4v) is 3.90.